The maximum atomic E-state index is 13.0. The number of nitrogens with zero attached hydrogens (tertiary/aromatic N) is 4. The molecule has 3 heterocycles. The fourth-order valence-corrected chi connectivity index (χ4v) is 5.19. The maximum absolute atomic E-state index is 13.0. The van der Waals surface area contributed by atoms with Crippen molar-refractivity contribution in [2.24, 2.45) is 4.99 Å². The number of nitrogens with one attached hydrogen (secondary N) is 1. The van der Waals surface area contributed by atoms with E-state index in [0.717, 1.165) is 68.1 Å². The van der Waals surface area contributed by atoms with E-state index in [-0.39, 0.29) is 17.5 Å². The van der Waals surface area contributed by atoms with E-state index in [1.54, 1.807) is 4.90 Å². The Morgan fingerprint density at radius 1 is 1.23 bits per heavy atom. The van der Waals surface area contributed by atoms with Crippen molar-refractivity contribution in [2.45, 2.75) is 75.9 Å². The first-order valence-electron chi connectivity index (χ1n) is 9.95. The molecule has 0 unspecified atom stereocenters. The molecule has 7 heteroatoms. The molecule has 140 valence electrons. The molecule has 0 saturated heterocycles. The topological polar surface area (TPSA) is 84.8 Å². The smallest absolute Gasteiger partial charge is 0.331 e. The molecule has 1 aromatic rings. The number of aliphatic hydroxyl groups is 1. The van der Waals surface area contributed by atoms with Crippen molar-refractivity contribution in [1.29, 1.82) is 0 Å². The molecule has 5 aliphatic rings. The number of aliphatic imine (C=N–C) groups is 1. The lowest BCUT2D eigenvalue weighted by atomic mass is 9.58. The summed E-state index contributed by atoms with van der Waals surface area (Å²) in [6.07, 6.45) is 6.32. The van der Waals surface area contributed by atoms with Crippen LogP contribution in [0.3, 0.4) is 0 Å². The number of amides is 2. The summed E-state index contributed by atoms with van der Waals surface area (Å²) < 4.78 is 0. The van der Waals surface area contributed by atoms with Gasteiger partial charge in [0.05, 0.1) is 18.2 Å². The molecule has 2 amide bonds. The number of imidazole rings is 1. The van der Waals surface area contributed by atoms with Gasteiger partial charge >= 0.3 is 6.03 Å². The average molecular weight is 357 g/mol. The Morgan fingerprint density at radius 2 is 1.92 bits per heavy atom. The van der Waals surface area contributed by atoms with Gasteiger partial charge in [-0.25, -0.2) is 9.78 Å². The highest BCUT2D eigenvalue weighted by Gasteiger charge is 2.51. The number of hydrogen-bond donors (Lipinski definition) is 2. The number of anilines is 1. The van der Waals surface area contributed by atoms with Crippen LogP contribution in [0.15, 0.2) is 4.99 Å². The Morgan fingerprint density at radius 3 is 2.58 bits per heavy atom. The summed E-state index contributed by atoms with van der Waals surface area (Å²) in [5, 5.41) is 10.5. The lowest BCUT2D eigenvalue weighted by Gasteiger charge is -2.49. The van der Waals surface area contributed by atoms with Crippen LogP contribution in [0.2, 0.25) is 0 Å². The summed E-state index contributed by atoms with van der Waals surface area (Å²) in [6, 6.07) is 0.118. The molecule has 6 rings (SSSR count). The largest absolute Gasteiger partial charge is 0.390 e. The predicted octanol–water partition coefficient (Wildman–Crippen LogP) is 2.55. The molecule has 26 heavy (non-hydrogen) atoms. The monoisotopic (exact) mass is 357 g/mol. The van der Waals surface area contributed by atoms with Crippen molar-refractivity contribution in [3.05, 3.63) is 11.5 Å². The van der Waals surface area contributed by atoms with Gasteiger partial charge in [0.15, 0.2) is 11.7 Å². The van der Waals surface area contributed by atoms with E-state index in [4.69, 9.17) is 9.98 Å². The van der Waals surface area contributed by atoms with Gasteiger partial charge in [-0.05, 0) is 51.9 Å². The molecule has 0 aromatic carbocycles. The number of aromatic nitrogens is 2. The van der Waals surface area contributed by atoms with Crippen molar-refractivity contribution >= 4 is 17.7 Å². The Balaban J connectivity index is 1.59. The number of H-pyrrole nitrogens is 1. The molecule has 2 N–H and O–H groups in total. The molecule has 3 fully saturated rings. The predicted molar refractivity (Wildman–Crippen MR) is 98.7 cm³/mol. The standard InChI is InChI=1S/C19H27N5O2/c1-3-10-23-15-13(14-20-12(2)11-24(14)17(23)25)21-16(22-15)18-4-7-19(26,8-5-18)9-6-18/h12,26H,3-11H2,1-2H3,(H,21,22)/t12-,18?,19?/m1/s1. The number of carbonyl (C=O) groups excluding carboxylic acids is 1. The van der Waals surface area contributed by atoms with Crippen molar-refractivity contribution in [1.82, 2.24) is 14.9 Å². The van der Waals surface area contributed by atoms with Crippen LogP contribution in [0.1, 0.15) is 70.3 Å². The summed E-state index contributed by atoms with van der Waals surface area (Å²) in [6.45, 7) is 5.43. The zero-order chi connectivity index (χ0) is 18.1. The highest BCUT2D eigenvalue weighted by Crippen LogP contribution is 2.53. The molecule has 3 aliphatic carbocycles. The number of fused-ring (bicyclic) bond motifs is 6. The van der Waals surface area contributed by atoms with Crippen molar-refractivity contribution < 1.29 is 9.90 Å². The third-order valence-electron chi connectivity index (χ3n) is 6.83. The summed E-state index contributed by atoms with van der Waals surface area (Å²) in [5.74, 6) is 2.49. The minimum absolute atomic E-state index is 0.000312. The first-order valence-corrected chi connectivity index (χ1v) is 9.95. The van der Waals surface area contributed by atoms with E-state index in [0.29, 0.717) is 13.1 Å². The second-order valence-corrected chi connectivity index (χ2v) is 8.64. The van der Waals surface area contributed by atoms with Crippen LogP contribution >= 0.6 is 0 Å². The van der Waals surface area contributed by atoms with Crippen LogP contribution in [0.4, 0.5) is 10.6 Å². The quantitative estimate of drug-likeness (QED) is 0.872. The first kappa shape index (κ1) is 16.3. The fraction of sp³-hybridized carbons (Fsp3) is 0.737. The number of hydrogen-bond acceptors (Lipinski definition) is 4. The van der Waals surface area contributed by atoms with Crippen molar-refractivity contribution in [2.75, 3.05) is 18.0 Å². The summed E-state index contributed by atoms with van der Waals surface area (Å²) >= 11 is 0. The highest BCUT2D eigenvalue weighted by molar-refractivity contribution is 6.18. The molecule has 1 aromatic heterocycles. The summed E-state index contributed by atoms with van der Waals surface area (Å²) in [7, 11) is 0. The van der Waals surface area contributed by atoms with Crippen LogP contribution < -0.4 is 4.90 Å². The van der Waals surface area contributed by atoms with Crippen molar-refractivity contribution in [3.8, 4) is 0 Å². The fourth-order valence-electron chi connectivity index (χ4n) is 5.19. The highest BCUT2D eigenvalue weighted by atomic mass is 16.3. The number of carbonyl (C=O) groups is 1. The molecule has 1 atom stereocenters. The van der Waals surface area contributed by atoms with Gasteiger partial charge < -0.3 is 10.1 Å². The van der Waals surface area contributed by atoms with Crippen LogP contribution in [0.5, 0.6) is 0 Å². The third kappa shape index (κ3) is 2.12. The maximum Gasteiger partial charge on any atom is 0.331 e. The molecule has 3 saturated carbocycles. The minimum Gasteiger partial charge on any atom is -0.390 e. The van der Waals surface area contributed by atoms with Gasteiger partial charge in [0.2, 0.25) is 0 Å². The molecule has 0 radical (unpaired) electrons. The SMILES string of the molecule is CCCN1C(=O)N2C[C@@H](C)N=C2c2[nH]c(C34CCC(O)(CC3)CC4)nc21. The van der Waals surface area contributed by atoms with Gasteiger partial charge in [-0.3, -0.25) is 14.8 Å². The van der Waals surface area contributed by atoms with E-state index in [1.807, 2.05) is 11.8 Å². The number of aromatic amines is 1. The molecular weight excluding hydrogens is 330 g/mol. The average Bonchev–Trinajstić information content (AvgIpc) is 3.24. The van der Waals surface area contributed by atoms with Crippen LogP contribution in [0.25, 0.3) is 0 Å². The molecular formula is C19H27N5O2. The van der Waals surface area contributed by atoms with Crippen LogP contribution in [-0.2, 0) is 5.41 Å². The second-order valence-electron chi connectivity index (χ2n) is 8.64. The van der Waals surface area contributed by atoms with E-state index < -0.39 is 5.60 Å². The molecule has 0 spiro atoms. The number of urea groups is 1. The van der Waals surface area contributed by atoms with E-state index in [9.17, 15) is 9.90 Å². The van der Waals surface area contributed by atoms with Gasteiger partial charge in [0.25, 0.3) is 0 Å². The van der Waals surface area contributed by atoms with Gasteiger partial charge in [-0.15, -0.1) is 0 Å². The lowest BCUT2D eigenvalue weighted by molar-refractivity contribution is -0.0678. The van der Waals surface area contributed by atoms with E-state index in [1.165, 1.54) is 0 Å². The third-order valence-corrected chi connectivity index (χ3v) is 6.83. The van der Waals surface area contributed by atoms with Crippen LogP contribution in [0, 0.1) is 0 Å². The zero-order valence-electron chi connectivity index (χ0n) is 15.6. The lowest BCUT2D eigenvalue weighted by Crippen LogP contribution is -2.50. The number of amidine groups is 1. The normalized spacial score (nSPS) is 35.6. The Bertz CT molecular complexity index is 773. The second kappa shape index (κ2) is 5.31. The molecule has 7 nitrogen and oxygen atoms in total. The first-order chi connectivity index (χ1) is 12.4. The van der Waals surface area contributed by atoms with Crippen LogP contribution in [-0.4, -0.2) is 56.6 Å². The zero-order valence-corrected chi connectivity index (χ0v) is 15.6. The van der Waals surface area contributed by atoms with Gasteiger partial charge in [-0.2, -0.15) is 0 Å². The number of rotatable bonds is 3. The summed E-state index contributed by atoms with van der Waals surface area (Å²) in [4.78, 5) is 29.8. The van der Waals surface area contributed by atoms with Gasteiger partial charge in [-0.1, -0.05) is 6.92 Å². The summed E-state index contributed by atoms with van der Waals surface area (Å²) in [5.41, 5.74) is 0.455. The Kier molecular flexibility index (Phi) is 3.33. The van der Waals surface area contributed by atoms with Gasteiger partial charge in [0, 0.05) is 12.0 Å². The van der Waals surface area contributed by atoms with E-state index in [2.05, 4.69) is 11.9 Å². The van der Waals surface area contributed by atoms with E-state index >= 15 is 0 Å². The Hall–Kier alpha value is -1.89. The minimum atomic E-state index is -0.458. The van der Waals surface area contributed by atoms with Gasteiger partial charge in [0.1, 0.15) is 11.5 Å². The Labute approximate surface area is 153 Å². The van der Waals surface area contributed by atoms with Crippen molar-refractivity contribution in [3.63, 3.8) is 0 Å². The molecule has 2 bridgehead atoms. The molecule has 2 aliphatic heterocycles.